The Morgan fingerprint density at radius 2 is 2.10 bits per heavy atom. The number of aromatic nitrogens is 1. The largest absolute Gasteiger partial charge is 0.370 e. The molecule has 20 heavy (non-hydrogen) atoms. The van der Waals surface area contributed by atoms with Crippen LogP contribution in [-0.4, -0.2) is 28.9 Å². The summed E-state index contributed by atoms with van der Waals surface area (Å²) in [5, 5.41) is 1.17. The van der Waals surface area contributed by atoms with Crippen LogP contribution >= 0.6 is 0 Å². The van der Waals surface area contributed by atoms with Crippen LogP contribution < -0.4 is 5.73 Å². The van der Waals surface area contributed by atoms with Gasteiger partial charge in [-0.15, -0.1) is 0 Å². The van der Waals surface area contributed by atoms with Gasteiger partial charge in [0.25, 0.3) is 0 Å². The number of nitrogens with two attached hydrogens (primary N) is 1. The van der Waals surface area contributed by atoms with Crippen LogP contribution in [0.4, 0.5) is 0 Å². The van der Waals surface area contributed by atoms with Crippen molar-refractivity contribution in [3.63, 3.8) is 0 Å². The van der Waals surface area contributed by atoms with Gasteiger partial charge in [-0.05, 0) is 12.0 Å². The Morgan fingerprint density at radius 1 is 1.30 bits per heavy atom. The zero-order valence-corrected chi connectivity index (χ0v) is 12.0. The molecule has 104 valence electrons. The van der Waals surface area contributed by atoms with Crippen LogP contribution in [0, 0.1) is 5.92 Å². The first-order valence-corrected chi connectivity index (χ1v) is 7.07. The third-order valence-corrected chi connectivity index (χ3v) is 3.68. The Kier molecular flexibility index (Phi) is 3.30. The van der Waals surface area contributed by atoms with Crippen molar-refractivity contribution in [3.8, 4) is 0 Å². The van der Waals surface area contributed by atoms with E-state index in [2.05, 4.69) is 53.0 Å². The molecule has 2 N–H and O–H groups in total. The van der Waals surface area contributed by atoms with Crippen LogP contribution in [0.2, 0.25) is 0 Å². The van der Waals surface area contributed by atoms with E-state index in [1.54, 1.807) is 0 Å². The summed E-state index contributed by atoms with van der Waals surface area (Å²) in [5.74, 6) is 1.20. The maximum atomic E-state index is 6.05. The van der Waals surface area contributed by atoms with Crippen molar-refractivity contribution >= 4 is 16.9 Å². The summed E-state index contributed by atoms with van der Waals surface area (Å²) >= 11 is 0. The van der Waals surface area contributed by atoms with Gasteiger partial charge in [-0.25, -0.2) is 0 Å². The van der Waals surface area contributed by atoms with Gasteiger partial charge in [0.15, 0.2) is 5.96 Å². The Morgan fingerprint density at radius 3 is 2.90 bits per heavy atom. The predicted molar refractivity (Wildman–Crippen MR) is 82.5 cm³/mol. The molecule has 1 aromatic carbocycles. The molecule has 4 nitrogen and oxygen atoms in total. The number of guanidine groups is 1. The van der Waals surface area contributed by atoms with Gasteiger partial charge in [-0.3, -0.25) is 9.98 Å². The van der Waals surface area contributed by atoms with E-state index in [1.165, 1.54) is 10.9 Å². The molecule has 0 saturated carbocycles. The third kappa shape index (κ3) is 2.22. The van der Waals surface area contributed by atoms with Gasteiger partial charge in [-0.2, -0.15) is 0 Å². The highest BCUT2D eigenvalue weighted by atomic mass is 15.3. The molecule has 0 bridgehead atoms. The number of aliphatic imine (C=N–C) groups is 1. The molecule has 0 spiro atoms. The van der Waals surface area contributed by atoms with Gasteiger partial charge in [0, 0.05) is 23.7 Å². The van der Waals surface area contributed by atoms with E-state index >= 15 is 0 Å². The van der Waals surface area contributed by atoms with Crippen molar-refractivity contribution < 1.29 is 0 Å². The Balaban J connectivity index is 2.02. The second kappa shape index (κ2) is 5.12. The summed E-state index contributed by atoms with van der Waals surface area (Å²) in [6, 6.07) is 10.6. The van der Waals surface area contributed by atoms with Crippen LogP contribution in [0.3, 0.4) is 0 Å². The van der Waals surface area contributed by atoms with Gasteiger partial charge in [0.2, 0.25) is 0 Å². The molecule has 0 radical (unpaired) electrons. The summed E-state index contributed by atoms with van der Waals surface area (Å²) in [6.07, 6.45) is 1.85. The lowest BCUT2D eigenvalue weighted by Gasteiger charge is -2.28. The fourth-order valence-electron chi connectivity index (χ4n) is 2.81. The second-order valence-corrected chi connectivity index (χ2v) is 5.68. The second-order valence-electron chi connectivity index (χ2n) is 5.68. The van der Waals surface area contributed by atoms with Gasteiger partial charge < -0.3 is 10.6 Å². The summed E-state index contributed by atoms with van der Waals surface area (Å²) in [6.45, 7) is 6.03. The number of pyridine rings is 1. The van der Waals surface area contributed by atoms with E-state index in [9.17, 15) is 0 Å². The number of nitrogens with zero attached hydrogens (tertiary/aromatic N) is 3. The molecule has 0 aliphatic carbocycles. The van der Waals surface area contributed by atoms with E-state index in [0.717, 1.165) is 12.1 Å². The minimum absolute atomic E-state index is 0.205. The molecule has 1 atom stereocenters. The zero-order chi connectivity index (χ0) is 14.1. The van der Waals surface area contributed by atoms with Crippen molar-refractivity contribution in [3.05, 3.63) is 42.1 Å². The van der Waals surface area contributed by atoms with E-state index in [1.807, 2.05) is 12.3 Å². The van der Waals surface area contributed by atoms with Crippen LogP contribution in [-0.2, 0) is 0 Å². The number of fused-ring (bicyclic) bond motifs is 1. The number of hydrogen-bond acceptors (Lipinski definition) is 4. The maximum absolute atomic E-state index is 6.05. The lowest BCUT2D eigenvalue weighted by Crippen LogP contribution is -2.38. The van der Waals surface area contributed by atoms with Crippen molar-refractivity contribution in [2.24, 2.45) is 16.6 Å². The molecule has 1 aliphatic rings. The predicted octanol–water partition coefficient (Wildman–Crippen LogP) is 2.56. The van der Waals surface area contributed by atoms with Crippen LogP contribution in [0.15, 0.2) is 41.5 Å². The van der Waals surface area contributed by atoms with Gasteiger partial charge in [-0.1, -0.05) is 38.1 Å². The Bertz CT molecular complexity index is 642. The SMILES string of the molecule is CC(C)CN1C(N)=NCC1c1cccc2cccnc12. The minimum Gasteiger partial charge on any atom is -0.370 e. The highest BCUT2D eigenvalue weighted by Crippen LogP contribution is 2.30. The normalized spacial score (nSPS) is 18.9. The fraction of sp³-hybridized carbons (Fsp3) is 0.375. The van der Waals surface area contributed by atoms with Gasteiger partial charge >= 0.3 is 0 Å². The summed E-state index contributed by atoms with van der Waals surface area (Å²) in [5.41, 5.74) is 8.32. The molecule has 0 fully saturated rings. The van der Waals surface area contributed by atoms with E-state index in [4.69, 9.17) is 5.73 Å². The van der Waals surface area contributed by atoms with E-state index < -0.39 is 0 Å². The van der Waals surface area contributed by atoms with Crippen LogP contribution in [0.25, 0.3) is 10.9 Å². The molecule has 0 amide bonds. The molecular weight excluding hydrogens is 248 g/mol. The highest BCUT2D eigenvalue weighted by molar-refractivity contribution is 5.85. The molecule has 1 unspecified atom stereocenters. The number of benzene rings is 1. The zero-order valence-electron chi connectivity index (χ0n) is 12.0. The lowest BCUT2D eigenvalue weighted by atomic mass is 10.0. The molecule has 2 heterocycles. The first-order valence-electron chi connectivity index (χ1n) is 7.07. The summed E-state index contributed by atoms with van der Waals surface area (Å²) < 4.78 is 0. The fourth-order valence-corrected chi connectivity index (χ4v) is 2.81. The number of hydrogen-bond donors (Lipinski definition) is 1. The number of para-hydroxylation sites is 1. The topological polar surface area (TPSA) is 54.5 Å². The average Bonchev–Trinajstić information content (AvgIpc) is 2.79. The molecule has 1 aromatic heterocycles. The standard InChI is InChI=1S/C16H20N4/c1-11(2)10-20-14(9-19-16(20)17)13-7-3-5-12-6-4-8-18-15(12)13/h3-8,11,14H,9-10H2,1-2H3,(H2,17,19). The van der Waals surface area contributed by atoms with Crippen LogP contribution in [0.1, 0.15) is 25.5 Å². The first-order chi connectivity index (χ1) is 9.66. The van der Waals surface area contributed by atoms with Crippen molar-refractivity contribution in [2.45, 2.75) is 19.9 Å². The molecule has 3 rings (SSSR count). The maximum Gasteiger partial charge on any atom is 0.191 e. The minimum atomic E-state index is 0.205. The highest BCUT2D eigenvalue weighted by Gasteiger charge is 2.29. The number of rotatable bonds is 3. The molecule has 0 saturated heterocycles. The first kappa shape index (κ1) is 12.9. The molecule has 4 heteroatoms. The molecule has 2 aromatic rings. The smallest absolute Gasteiger partial charge is 0.191 e. The van der Waals surface area contributed by atoms with E-state index in [-0.39, 0.29) is 6.04 Å². The van der Waals surface area contributed by atoms with Crippen molar-refractivity contribution in [1.82, 2.24) is 9.88 Å². The average molecular weight is 268 g/mol. The van der Waals surface area contributed by atoms with Crippen LogP contribution in [0.5, 0.6) is 0 Å². The summed E-state index contributed by atoms with van der Waals surface area (Å²) in [7, 11) is 0. The molecular formula is C16H20N4. The Labute approximate surface area is 119 Å². The Hall–Kier alpha value is -2.10. The van der Waals surface area contributed by atoms with E-state index in [0.29, 0.717) is 18.4 Å². The van der Waals surface area contributed by atoms with Crippen molar-refractivity contribution in [2.75, 3.05) is 13.1 Å². The third-order valence-electron chi connectivity index (χ3n) is 3.68. The monoisotopic (exact) mass is 268 g/mol. The van der Waals surface area contributed by atoms with Gasteiger partial charge in [0.1, 0.15) is 0 Å². The lowest BCUT2D eigenvalue weighted by molar-refractivity contribution is 0.310. The summed E-state index contributed by atoms with van der Waals surface area (Å²) in [4.78, 5) is 11.2. The van der Waals surface area contributed by atoms with Gasteiger partial charge in [0.05, 0.1) is 18.1 Å². The quantitative estimate of drug-likeness (QED) is 0.930. The molecule has 1 aliphatic heterocycles. The van der Waals surface area contributed by atoms with Crippen molar-refractivity contribution in [1.29, 1.82) is 0 Å².